The van der Waals surface area contributed by atoms with Crippen molar-refractivity contribution in [3.8, 4) is 0 Å². The van der Waals surface area contributed by atoms with Gasteiger partial charge in [-0.1, -0.05) is 30.3 Å². The third-order valence-electron chi connectivity index (χ3n) is 6.40. The van der Waals surface area contributed by atoms with Crippen LogP contribution in [-0.2, 0) is 11.3 Å². The lowest BCUT2D eigenvalue weighted by Gasteiger charge is -2.34. The number of nitrogens with zero attached hydrogens (tertiary/aromatic N) is 3. The van der Waals surface area contributed by atoms with Crippen LogP contribution in [0.1, 0.15) is 31.7 Å². The van der Waals surface area contributed by atoms with Crippen molar-refractivity contribution < 1.29 is 9.84 Å². The number of aliphatic hydroxyl groups excluding tert-OH is 1. The van der Waals surface area contributed by atoms with E-state index in [0.717, 1.165) is 84.2 Å². The molecule has 1 atom stereocenters. The summed E-state index contributed by atoms with van der Waals surface area (Å²) < 4.78 is 5.58. The van der Waals surface area contributed by atoms with Gasteiger partial charge in [0.2, 0.25) is 0 Å². The number of hydrogen-bond donors (Lipinski definition) is 3. The summed E-state index contributed by atoms with van der Waals surface area (Å²) in [4.78, 5) is 9.92. The Hall–Kier alpha value is -0.940. The number of aliphatic hydroxyl groups is 1. The lowest BCUT2D eigenvalue weighted by atomic mass is 9.84. The smallest absolute Gasteiger partial charge is 0.191 e. The van der Waals surface area contributed by atoms with Gasteiger partial charge in [0.05, 0.1) is 13.2 Å². The van der Waals surface area contributed by atoms with E-state index in [-0.39, 0.29) is 36.0 Å². The van der Waals surface area contributed by atoms with Gasteiger partial charge in [0.1, 0.15) is 0 Å². The third-order valence-corrected chi connectivity index (χ3v) is 6.40. The van der Waals surface area contributed by atoms with Gasteiger partial charge in [-0.3, -0.25) is 9.89 Å². The summed E-state index contributed by atoms with van der Waals surface area (Å²) in [5, 5.41) is 16.2. The van der Waals surface area contributed by atoms with Crippen LogP contribution in [0.3, 0.4) is 0 Å². The molecule has 2 heterocycles. The van der Waals surface area contributed by atoms with Crippen molar-refractivity contribution in [1.82, 2.24) is 20.4 Å². The Morgan fingerprint density at radius 3 is 2.53 bits per heavy atom. The number of ether oxygens (including phenoxy) is 1. The predicted octanol–water partition coefficient (Wildman–Crippen LogP) is 2.16. The Morgan fingerprint density at radius 2 is 1.88 bits per heavy atom. The molecule has 3 N–H and O–H groups in total. The summed E-state index contributed by atoms with van der Waals surface area (Å²) >= 11 is 0. The van der Waals surface area contributed by atoms with Crippen molar-refractivity contribution >= 4 is 29.9 Å². The minimum absolute atomic E-state index is 0. The summed E-state index contributed by atoms with van der Waals surface area (Å²) in [6.07, 6.45) is 2.84. The molecule has 1 unspecified atom stereocenters. The molecular weight excluding hydrogens is 517 g/mol. The van der Waals surface area contributed by atoms with E-state index in [2.05, 4.69) is 57.7 Å². The fourth-order valence-electron chi connectivity index (χ4n) is 4.40. The Balaban J connectivity index is 0.00000363. The maximum atomic E-state index is 9.40. The van der Waals surface area contributed by atoms with Gasteiger partial charge >= 0.3 is 0 Å². The highest BCUT2D eigenvalue weighted by Gasteiger charge is 2.34. The van der Waals surface area contributed by atoms with E-state index in [1.54, 1.807) is 0 Å². The van der Waals surface area contributed by atoms with Crippen molar-refractivity contribution in [1.29, 1.82) is 0 Å². The molecule has 0 aliphatic carbocycles. The molecule has 0 radical (unpaired) electrons. The van der Waals surface area contributed by atoms with Crippen LogP contribution in [0.25, 0.3) is 0 Å². The SMILES string of the molecule is CCNC(=NCC1(CCO)CCOC1)NCCCN1CCN(Cc2ccccc2)CC1.I. The van der Waals surface area contributed by atoms with Crippen LogP contribution in [0, 0.1) is 5.41 Å². The van der Waals surface area contributed by atoms with Gasteiger partial charge in [-0.2, -0.15) is 0 Å². The van der Waals surface area contributed by atoms with Gasteiger partial charge < -0.3 is 25.4 Å². The summed E-state index contributed by atoms with van der Waals surface area (Å²) in [5.74, 6) is 0.874. The van der Waals surface area contributed by atoms with Crippen LogP contribution in [0.4, 0.5) is 0 Å². The second-order valence-electron chi connectivity index (χ2n) is 8.86. The van der Waals surface area contributed by atoms with Crippen LogP contribution in [0.2, 0.25) is 0 Å². The summed E-state index contributed by atoms with van der Waals surface area (Å²) in [5.41, 5.74) is 1.40. The Kier molecular flexibility index (Phi) is 12.8. The summed E-state index contributed by atoms with van der Waals surface area (Å²) in [6, 6.07) is 10.8. The molecule has 2 aliphatic rings. The molecule has 32 heavy (non-hydrogen) atoms. The van der Waals surface area contributed by atoms with Crippen LogP contribution in [0.5, 0.6) is 0 Å². The largest absolute Gasteiger partial charge is 0.396 e. The van der Waals surface area contributed by atoms with Gasteiger partial charge in [-0.05, 0) is 38.3 Å². The van der Waals surface area contributed by atoms with Crippen molar-refractivity contribution in [2.24, 2.45) is 10.4 Å². The number of hydrogen-bond acceptors (Lipinski definition) is 5. The fourth-order valence-corrected chi connectivity index (χ4v) is 4.40. The van der Waals surface area contributed by atoms with E-state index < -0.39 is 0 Å². The van der Waals surface area contributed by atoms with Gasteiger partial charge in [0, 0.05) is 64.4 Å². The number of guanidine groups is 1. The van der Waals surface area contributed by atoms with E-state index in [0.29, 0.717) is 13.2 Å². The number of benzene rings is 1. The Bertz CT molecular complexity index is 647. The lowest BCUT2D eigenvalue weighted by molar-refractivity contribution is 0.126. The lowest BCUT2D eigenvalue weighted by Crippen LogP contribution is -2.46. The minimum Gasteiger partial charge on any atom is -0.396 e. The van der Waals surface area contributed by atoms with E-state index in [4.69, 9.17) is 9.73 Å². The summed E-state index contributed by atoms with van der Waals surface area (Å²) in [7, 11) is 0. The second-order valence-corrected chi connectivity index (χ2v) is 8.86. The average molecular weight is 560 g/mol. The van der Waals surface area contributed by atoms with Crippen molar-refractivity contribution in [2.75, 3.05) is 72.2 Å². The maximum absolute atomic E-state index is 9.40. The molecule has 182 valence electrons. The highest BCUT2D eigenvalue weighted by atomic mass is 127. The number of rotatable bonds is 11. The monoisotopic (exact) mass is 559 g/mol. The van der Waals surface area contributed by atoms with E-state index in [9.17, 15) is 5.11 Å². The van der Waals surface area contributed by atoms with E-state index in [1.165, 1.54) is 5.56 Å². The first-order valence-electron chi connectivity index (χ1n) is 11.9. The molecule has 1 aromatic carbocycles. The zero-order chi connectivity index (χ0) is 21.8. The van der Waals surface area contributed by atoms with Crippen LogP contribution in [-0.4, -0.2) is 93.0 Å². The van der Waals surface area contributed by atoms with Gasteiger partial charge in [-0.15, -0.1) is 24.0 Å². The number of aliphatic imine (C=N–C) groups is 1. The highest BCUT2D eigenvalue weighted by molar-refractivity contribution is 14.0. The third kappa shape index (κ3) is 9.13. The highest BCUT2D eigenvalue weighted by Crippen LogP contribution is 2.32. The predicted molar refractivity (Wildman–Crippen MR) is 142 cm³/mol. The molecular formula is C24H42IN5O2. The van der Waals surface area contributed by atoms with Crippen molar-refractivity contribution in [3.63, 3.8) is 0 Å². The second kappa shape index (κ2) is 15.1. The molecule has 7 nitrogen and oxygen atoms in total. The molecule has 0 amide bonds. The van der Waals surface area contributed by atoms with Crippen molar-refractivity contribution in [3.05, 3.63) is 35.9 Å². The molecule has 0 bridgehead atoms. The van der Waals surface area contributed by atoms with Crippen LogP contribution in [0.15, 0.2) is 35.3 Å². The van der Waals surface area contributed by atoms with Gasteiger partial charge in [-0.25, -0.2) is 0 Å². The number of halogens is 1. The van der Waals surface area contributed by atoms with Crippen molar-refractivity contribution in [2.45, 2.75) is 32.7 Å². The fraction of sp³-hybridized carbons (Fsp3) is 0.708. The van der Waals surface area contributed by atoms with Crippen LogP contribution >= 0.6 is 24.0 Å². The van der Waals surface area contributed by atoms with Gasteiger partial charge in [0.15, 0.2) is 5.96 Å². The Labute approximate surface area is 211 Å². The first-order valence-corrected chi connectivity index (χ1v) is 11.9. The normalized spacial score (nSPS) is 22.5. The van der Waals surface area contributed by atoms with Crippen LogP contribution < -0.4 is 10.6 Å². The van der Waals surface area contributed by atoms with E-state index in [1.807, 2.05) is 0 Å². The number of nitrogens with one attached hydrogen (secondary N) is 2. The molecule has 2 aliphatic heterocycles. The Morgan fingerprint density at radius 1 is 1.12 bits per heavy atom. The topological polar surface area (TPSA) is 72.4 Å². The summed E-state index contributed by atoms with van der Waals surface area (Å²) in [6.45, 7) is 13.0. The molecule has 0 saturated carbocycles. The molecule has 8 heteroatoms. The molecule has 3 rings (SSSR count). The quantitative estimate of drug-likeness (QED) is 0.167. The number of piperazine rings is 1. The zero-order valence-corrected chi connectivity index (χ0v) is 21.9. The molecule has 0 spiro atoms. The first kappa shape index (κ1) is 27.3. The van der Waals surface area contributed by atoms with E-state index >= 15 is 0 Å². The molecule has 2 fully saturated rings. The average Bonchev–Trinajstić information content (AvgIpc) is 3.26. The molecule has 1 aromatic rings. The first-order chi connectivity index (χ1) is 15.2. The zero-order valence-electron chi connectivity index (χ0n) is 19.6. The molecule has 0 aromatic heterocycles. The van der Waals surface area contributed by atoms with Gasteiger partial charge in [0.25, 0.3) is 0 Å². The standard InChI is InChI=1S/C24H41N5O2.HI/c1-2-25-23(27-20-24(9-17-30)10-18-31-21-24)26-11-6-12-28-13-15-29(16-14-28)19-22-7-4-3-5-8-22;/h3-5,7-8,30H,2,6,9-21H2,1H3,(H2,25,26,27);1H. The molecule has 2 saturated heterocycles. The minimum atomic E-state index is -0.00345. The maximum Gasteiger partial charge on any atom is 0.191 e.